The first kappa shape index (κ1) is 19.0. The zero-order chi connectivity index (χ0) is 20.4. The third-order valence-electron chi connectivity index (χ3n) is 4.37. The molecule has 1 aliphatic heterocycles. The number of imide groups is 1. The van der Waals surface area contributed by atoms with Crippen LogP contribution in [-0.4, -0.2) is 53.0 Å². The second kappa shape index (κ2) is 7.43. The third kappa shape index (κ3) is 3.39. The minimum Gasteiger partial charge on any atom is -0.375 e. The van der Waals surface area contributed by atoms with Crippen molar-refractivity contribution in [2.24, 2.45) is 0 Å². The molecule has 28 heavy (non-hydrogen) atoms. The smallest absolute Gasteiger partial charge is 0.276 e. The summed E-state index contributed by atoms with van der Waals surface area (Å²) < 4.78 is 0. The van der Waals surface area contributed by atoms with Gasteiger partial charge in [-0.2, -0.15) is 0 Å². The van der Waals surface area contributed by atoms with E-state index in [2.05, 4.69) is 0 Å². The van der Waals surface area contributed by atoms with Gasteiger partial charge in [0.25, 0.3) is 17.5 Å². The van der Waals surface area contributed by atoms with E-state index in [9.17, 15) is 24.5 Å². The van der Waals surface area contributed by atoms with Crippen molar-refractivity contribution in [1.82, 2.24) is 9.80 Å². The number of likely N-dealkylation sites (N-methyl/N-ethyl adjacent to an activating group) is 1. The van der Waals surface area contributed by atoms with Crippen LogP contribution in [0.4, 0.5) is 5.69 Å². The van der Waals surface area contributed by atoms with E-state index in [1.54, 1.807) is 32.3 Å². The molecule has 2 amide bonds. The van der Waals surface area contributed by atoms with Crippen molar-refractivity contribution in [1.29, 1.82) is 0 Å². The van der Waals surface area contributed by atoms with Gasteiger partial charge in [0.2, 0.25) is 0 Å². The predicted octanol–water partition coefficient (Wildman–Crippen LogP) is 2.36. The molecule has 0 spiro atoms. The Morgan fingerprint density at radius 2 is 1.57 bits per heavy atom. The first-order valence-electron chi connectivity index (χ1n) is 8.42. The highest BCUT2D eigenvalue weighted by molar-refractivity contribution is 6.23. The Kier molecular flexibility index (Phi) is 5.04. The average molecular weight is 379 g/mol. The molecule has 0 atom stereocenters. The van der Waals surface area contributed by atoms with Crippen molar-refractivity contribution in [3.05, 3.63) is 81.0 Å². The SMILES string of the molecule is CN(C)C(=Cc1ccccc1[N+](=O)[O-])C(=O)CN1C(=O)c2ccccc2C1=O. The Hall–Kier alpha value is -3.81. The maximum absolute atomic E-state index is 12.8. The van der Waals surface area contributed by atoms with Gasteiger partial charge in [-0.25, -0.2) is 0 Å². The summed E-state index contributed by atoms with van der Waals surface area (Å²) in [7, 11) is 3.22. The zero-order valence-corrected chi connectivity index (χ0v) is 15.3. The van der Waals surface area contributed by atoms with E-state index in [0.29, 0.717) is 0 Å². The number of carbonyl (C=O) groups is 3. The van der Waals surface area contributed by atoms with Crippen LogP contribution in [0.1, 0.15) is 26.3 Å². The quantitative estimate of drug-likeness (QED) is 0.331. The van der Waals surface area contributed by atoms with Gasteiger partial charge in [-0.1, -0.05) is 24.3 Å². The molecule has 0 aliphatic carbocycles. The molecule has 8 heteroatoms. The summed E-state index contributed by atoms with van der Waals surface area (Å²) in [5.41, 5.74) is 0.775. The number of ketones is 1. The number of hydrogen-bond donors (Lipinski definition) is 0. The summed E-state index contributed by atoms with van der Waals surface area (Å²) in [5.74, 6) is -1.56. The summed E-state index contributed by atoms with van der Waals surface area (Å²) in [4.78, 5) is 50.8. The van der Waals surface area contributed by atoms with Crippen LogP contribution < -0.4 is 0 Å². The summed E-state index contributed by atoms with van der Waals surface area (Å²) in [6, 6.07) is 12.4. The number of Topliss-reactive ketones (excluding diaryl/α,β-unsaturated/α-hetero) is 1. The lowest BCUT2D eigenvalue weighted by Gasteiger charge is -2.19. The second-order valence-electron chi connectivity index (χ2n) is 6.41. The molecular weight excluding hydrogens is 362 g/mol. The number of hydrogen-bond acceptors (Lipinski definition) is 6. The molecule has 2 aromatic carbocycles. The van der Waals surface area contributed by atoms with E-state index in [1.807, 2.05) is 0 Å². The molecule has 0 unspecified atom stereocenters. The van der Waals surface area contributed by atoms with E-state index < -0.39 is 29.1 Å². The minimum atomic E-state index is -0.534. The van der Waals surface area contributed by atoms with Gasteiger partial charge in [-0.15, -0.1) is 0 Å². The van der Waals surface area contributed by atoms with Gasteiger partial charge in [0.15, 0.2) is 5.78 Å². The van der Waals surface area contributed by atoms with Crippen LogP contribution in [-0.2, 0) is 4.79 Å². The Bertz CT molecular complexity index is 991. The number of para-hydroxylation sites is 1. The number of fused-ring (bicyclic) bond motifs is 1. The molecule has 0 saturated heterocycles. The maximum Gasteiger partial charge on any atom is 0.276 e. The summed E-state index contributed by atoms with van der Waals surface area (Å²) in [5, 5.41) is 11.2. The van der Waals surface area contributed by atoms with Crippen LogP contribution in [0.3, 0.4) is 0 Å². The van der Waals surface area contributed by atoms with Crippen LogP contribution in [0.15, 0.2) is 54.2 Å². The van der Waals surface area contributed by atoms with E-state index in [1.165, 1.54) is 41.3 Å². The van der Waals surface area contributed by atoms with Crippen LogP contribution >= 0.6 is 0 Å². The standard InChI is InChI=1S/C20H17N3O5/c1-21(2)17(11-13-7-3-6-10-16(13)23(27)28)18(24)12-22-19(25)14-8-4-5-9-15(14)20(22)26/h3-11H,12H2,1-2H3. The number of amides is 2. The highest BCUT2D eigenvalue weighted by Gasteiger charge is 2.36. The predicted molar refractivity (Wildman–Crippen MR) is 102 cm³/mol. The molecule has 1 aliphatic rings. The van der Waals surface area contributed by atoms with Gasteiger partial charge in [-0.3, -0.25) is 29.4 Å². The van der Waals surface area contributed by atoms with Crippen molar-refractivity contribution >= 4 is 29.4 Å². The molecule has 142 valence electrons. The summed E-state index contributed by atoms with van der Waals surface area (Å²) in [6.07, 6.45) is 1.39. The minimum absolute atomic E-state index is 0.143. The van der Waals surface area contributed by atoms with E-state index in [4.69, 9.17) is 0 Å². The molecule has 1 heterocycles. The Morgan fingerprint density at radius 3 is 2.11 bits per heavy atom. The molecule has 0 N–H and O–H groups in total. The van der Waals surface area contributed by atoms with Crippen molar-refractivity contribution < 1.29 is 19.3 Å². The maximum atomic E-state index is 12.8. The molecule has 0 bridgehead atoms. The number of benzene rings is 2. The molecule has 8 nitrogen and oxygen atoms in total. The fourth-order valence-corrected chi connectivity index (χ4v) is 2.99. The fourth-order valence-electron chi connectivity index (χ4n) is 2.99. The number of carbonyl (C=O) groups excluding carboxylic acids is 3. The first-order chi connectivity index (χ1) is 13.3. The van der Waals surface area contributed by atoms with Gasteiger partial charge < -0.3 is 4.90 Å². The van der Waals surface area contributed by atoms with Crippen LogP contribution in [0.2, 0.25) is 0 Å². The van der Waals surface area contributed by atoms with E-state index >= 15 is 0 Å². The molecule has 0 fully saturated rings. The fraction of sp³-hybridized carbons (Fsp3) is 0.150. The van der Waals surface area contributed by atoms with Gasteiger partial charge in [0.05, 0.1) is 33.9 Å². The van der Waals surface area contributed by atoms with Gasteiger partial charge >= 0.3 is 0 Å². The second-order valence-corrected chi connectivity index (χ2v) is 6.41. The summed E-state index contributed by atoms with van der Waals surface area (Å²) in [6.45, 7) is -0.447. The molecule has 0 saturated carbocycles. The molecule has 0 aromatic heterocycles. The van der Waals surface area contributed by atoms with Crippen molar-refractivity contribution in [3.63, 3.8) is 0 Å². The monoisotopic (exact) mass is 379 g/mol. The molecule has 0 radical (unpaired) electrons. The van der Waals surface area contributed by atoms with Gasteiger partial charge in [0, 0.05) is 20.2 Å². The number of rotatable bonds is 6. The first-order valence-corrected chi connectivity index (χ1v) is 8.42. The van der Waals surface area contributed by atoms with Gasteiger partial charge in [0.1, 0.15) is 0 Å². The number of nitro benzene ring substituents is 1. The Morgan fingerprint density at radius 1 is 1.04 bits per heavy atom. The van der Waals surface area contributed by atoms with Crippen LogP contribution in [0.25, 0.3) is 6.08 Å². The Labute approximate surface area is 160 Å². The van der Waals surface area contributed by atoms with Crippen LogP contribution in [0, 0.1) is 10.1 Å². The molecular formula is C20H17N3O5. The Balaban J connectivity index is 1.91. The van der Waals surface area contributed by atoms with E-state index in [0.717, 1.165) is 4.90 Å². The van der Waals surface area contributed by atoms with Gasteiger partial charge in [-0.05, 0) is 24.3 Å². The zero-order valence-electron chi connectivity index (χ0n) is 15.3. The highest BCUT2D eigenvalue weighted by Crippen LogP contribution is 2.24. The lowest BCUT2D eigenvalue weighted by atomic mass is 10.1. The number of nitrogens with zero attached hydrogens (tertiary/aromatic N) is 3. The average Bonchev–Trinajstić information content (AvgIpc) is 2.91. The van der Waals surface area contributed by atoms with E-state index in [-0.39, 0.29) is 28.1 Å². The highest BCUT2D eigenvalue weighted by atomic mass is 16.6. The van der Waals surface area contributed by atoms with Crippen LogP contribution in [0.5, 0.6) is 0 Å². The largest absolute Gasteiger partial charge is 0.375 e. The van der Waals surface area contributed by atoms with Crippen molar-refractivity contribution in [2.45, 2.75) is 0 Å². The lowest BCUT2D eigenvalue weighted by molar-refractivity contribution is -0.385. The normalized spacial score (nSPS) is 13.5. The molecule has 3 rings (SSSR count). The topological polar surface area (TPSA) is 101 Å². The number of nitro groups is 1. The summed E-state index contributed by atoms with van der Waals surface area (Å²) >= 11 is 0. The van der Waals surface area contributed by atoms with Crippen molar-refractivity contribution in [3.8, 4) is 0 Å². The molecule has 2 aromatic rings. The van der Waals surface area contributed by atoms with Crippen molar-refractivity contribution in [2.75, 3.05) is 20.6 Å². The lowest BCUT2D eigenvalue weighted by Crippen LogP contribution is -2.37. The third-order valence-corrected chi connectivity index (χ3v) is 4.37.